The summed E-state index contributed by atoms with van der Waals surface area (Å²) in [7, 11) is 0. The molecule has 0 bridgehead atoms. The molecular weight excluding hydrogens is 368 g/mol. The SMILES string of the molecule is CCCCOc1ccc(C(=O)N2CCN(c3ccc(O)cc3)CC2)cc1OCC. The Kier molecular flexibility index (Phi) is 7.22. The molecule has 0 unspecified atom stereocenters. The van der Waals surface area contributed by atoms with Crippen molar-refractivity contribution in [2.75, 3.05) is 44.3 Å². The van der Waals surface area contributed by atoms with Gasteiger partial charge in [-0.2, -0.15) is 0 Å². The van der Waals surface area contributed by atoms with Gasteiger partial charge in [-0.3, -0.25) is 4.79 Å². The number of ether oxygens (including phenoxy) is 2. The molecule has 0 atom stereocenters. The molecule has 1 heterocycles. The van der Waals surface area contributed by atoms with E-state index >= 15 is 0 Å². The van der Waals surface area contributed by atoms with Crippen molar-refractivity contribution < 1.29 is 19.4 Å². The lowest BCUT2D eigenvalue weighted by Crippen LogP contribution is -2.48. The third-order valence-electron chi connectivity index (χ3n) is 5.03. The van der Waals surface area contributed by atoms with Gasteiger partial charge in [-0.15, -0.1) is 0 Å². The van der Waals surface area contributed by atoms with E-state index < -0.39 is 0 Å². The normalized spacial score (nSPS) is 14.0. The number of benzene rings is 2. The molecule has 1 saturated heterocycles. The van der Waals surface area contributed by atoms with Gasteiger partial charge >= 0.3 is 0 Å². The predicted molar refractivity (Wildman–Crippen MR) is 114 cm³/mol. The van der Waals surface area contributed by atoms with Gasteiger partial charge in [0, 0.05) is 37.4 Å². The van der Waals surface area contributed by atoms with Crippen molar-refractivity contribution in [3.05, 3.63) is 48.0 Å². The van der Waals surface area contributed by atoms with E-state index in [2.05, 4.69) is 11.8 Å². The van der Waals surface area contributed by atoms with Crippen LogP contribution in [0.3, 0.4) is 0 Å². The van der Waals surface area contributed by atoms with E-state index in [1.54, 1.807) is 18.2 Å². The van der Waals surface area contributed by atoms with Crippen molar-refractivity contribution in [3.8, 4) is 17.2 Å². The first-order valence-corrected chi connectivity index (χ1v) is 10.3. The lowest BCUT2D eigenvalue weighted by Gasteiger charge is -2.36. The van der Waals surface area contributed by atoms with Gasteiger partial charge in [0.25, 0.3) is 5.91 Å². The summed E-state index contributed by atoms with van der Waals surface area (Å²) in [5, 5.41) is 9.45. The molecule has 2 aromatic rings. The van der Waals surface area contributed by atoms with Crippen LogP contribution in [-0.2, 0) is 0 Å². The van der Waals surface area contributed by atoms with Gasteiger partial charge < -0.3 is 24.4 Å². The Balaban J connectivity index is 1.64. The monoisotopic (exact) mass is 398 g/mol. The third kappa shape index (κ3) is 5.34. The van der Waals surface area contributed by atoms with E-state index in [-0.39, 0.29) is 11.7 Å². The Labute approximate surface area is 172 Å². The number of carbonyl (C=O) groups excluding carboxylic acids is 1. The Bertz CT molecular complexity index is 799. The zero-order valence-corrected chi connectivity index (χ0v) is 17.3. The summed E-state index contributed by atoms with van der Waals surface area (Å²) in [5.41, 5.74) is 1.68. The van der Waals surface area contributed by atoms with Gasteiger partial charge in [0.2, 0.25) is 0 Å². The highest BCUT2D eigenvalue weighted by Crippen LogP contribution is 2.29. The second kappa shape index (κ2) is 10.0. The zero-order valence-electron chi connectivity index (χ0n) is 17.3. The summed E-state index contributed by atoms with van der Waals surface area (Å²) in [6, 6.07) is 12.6. The van der Waals surface area contributed by atoms with Crippen LogP contribution >= 0.6 is 0 Å². The van der Waals surface area contributed by atoms with E-state index in [4.69, 9.17) is 9.47 Å². The highest BCUT2D eigenvalue weighted by atomic mass is 16.5. The molecule has 6 heteroatoms. The summed E-state index contributed by atoms with van der Waals surface area (Å²) in [4.78, 5) is 17.1. The van der Waals surface area contributed by atoms with Crippen LogP contribution in [0.15, 0.2) is 42.5 Å². The molecule has 2 aromatic carbocycles. The topological polar surface area (TPSA) is 62.2 Å². The maximum Gasteiger partial charge on any atom is 0.254 e. The smallest absolute Gasteiger partial charge is 0.254 e. The van der Waals surface area contributed by atoms with Crippen LogP contribution in [0.1, 0.15) is 37.0 Å². The fourth-order valence-corrected chi connectivity index (χ4v) is 3.37. The van der Waals surface area contributed by atoms with Gasteiger partial charge in [0.05, 0.1) is 13.2 Å². The van der Waals surface area contributed by atoms with Gasteiger partial charge in [-0.05, 0) is 55.8 Å². The number of unbranched alkanes of at least 4 members (excludes halogenated alkanes) is 1. The highest BCUT2D eigenvalue weighted by molar-refractivity contribution is 5.95. The Morgan fingerprint density at radius 1 is 0.966 bits per heavy atom. The van der Waals surface area contributed by atoms with Gasteiger partial charge in [-0.25, -0.2) is 0 Å². The van der Waals surface area contributed by atoms with Crippen LogP contribution < -0.4 is 14.4 Å². The number of amides is 1. The number of piperazine rings is 1. The second-order valence-electron chi connectivity index (χ2n) is 7.09. The molecule has 1 fully saturated rings. The molecule has 0 aliphatic carbocycles. The van der Waals surface area contributed by atoms with Crippen LogP contribution in [0.5, 0.6) is 17.2 Å². The van der Waals surface area contributed by atoms with Crippen molar-refractivity contribution in [1.29, 1.82) is 0 Å². The van der Waals surface area contributed by atoms with Crippen LogP contribution in [0.25, 0.3) is 0 Å². The first kappa shape index (κ1) is 20.8. The van der Waals surface area contributed by atoms with Crippen LogP contribution in [0, 0.1) is 0 Å². The van der Waals surface area contributed by atoms with Crippen molar-refractivity contribution in [2.45, 2.75) is 26.7 Å². The first-order chi connectivity index (χ1) is 14.1. The van der Waals surface area contributed by atoms with E-state index in [9.17, 15) is 9.90 Å². The second-order valence-corrected chi connectivity index (χ2v) is 7.09. The number of phenols is 1. The first-order valence-electron chi connectivity index (χ1n) is 10.3. The van der Waals surface area contributed by atoms with Gasteiger partial charge in [0.1, 0.15) is 5.75 Å². The Hall–Kier alpha value is -2.89. The molecule has 1 aliphatic heterocycles. The minimum Gasteiger partial charge on any atom is -0.508 e. The maximum atomic E-state index is 13.0. The number of hydrogen-bond acceptors (Lipinski definition) is 5. The largest absolute Gasteiger partial charge is 0.508 e. The third-order valence-corrected chi connectivity index (χ3v) is 5.03. The summed E-state index contributed by atoms with van der Waals surface area (Å²) in [6.45, 7) is 8.02. The summed E-state index contributed by atoms with van der Waals surface area (Å²) in [6.07, 6.45) is 2.05. The number of carbonyl (C=O) groups is 1. The summed E-state index contributed by atoms with van der Waals surface area (Å²) >= 11 is 0. The van der Waals surface area contributed by atoms with Crippen molar-refractivity contribution in [1.82, 2.24) is 4.90 Å². The fraction of sp³-hybridized carbons (Fsp3) is 0.435. The molecule has 156 valence electrons. The minimum absolute atomic E-state index is 0.0106. The number of phenolic OH excluding ortho intramolecular Hbond substituents is 1. The van der Waals surface area contributed by atoms with Crippen molar-refractivity contribution in [3.63, 3.8) is 0 Å². The number of hydrogen-bond donors (Lipinski definition) is 1. The minimum atomic E-state index is 0.0106. The molecule has 0 spiro atoms. The van der Waals surface area contributed by atoms with Gasteiger partial charge in [0.15, 0.2) is 11.5 Å². The molecule has 1 N–H and O–H groups in total. The van der Waals surface area contributed by atoms with Crippen molar-refractivity contribution >= 4 is 11.6 Å². The summed E-state index contributed by atoms with van der Waals surface area (Å²) in [5.74, 6) is 1.58. The summed E-state index contributed by atoms with van der Waals surface area (Å²) < 4.78 is 11.5. The Morgan fingerprint density at radius 3 is 2.34 bits per heavy atom. The molecule has 3 rings (SSSR count). The van der Waals surface area contributed by atoms with Crippen LogP contribution in [0.4, 0.5) is 5.69 Å². The molecule has 29 heavy (non-hydrogen) atoms. The van der Waals surface area contributed by atoms with Crippen molar-refractivity contribution in [2.24, 2.45) is 0 Å². The molecule has 0 aromatic heterocycles. The van der Waals surface area contributed by atoms with E-state index in [0.717, 1.165) is 31.6 Å². The average molecular weight is 399 g/mol. The van der Waals surface area contributed by atoms with E-state index in [1.165, 1.54) is 0 Å². The fourth-order valence-electron chi connectivity index (χ4n) is 3.37. The van der Waals surface area contributed by atoms with E-state index in [1.807, 2.05) is 36.1 Å². The Morgan fingerprint density at radius 2 is 1.69 bits per heavy atom. The molecule has 0 saturated carbocycles. The molecule has 1 amide bonds. The number of nitrogens with zero attached hydrogens (tertiary/aromatic N) is 2. The lowest BCUT2D eigenvalue weighted by molar-refractivity contribution is 0.0746. The molecule has 1 aliphatic rings. The maximum absolute atomic E-state index is 13.0. The van der Waals surface area contributed by atoms with Crippen LogP contribution in [0.2, 0.25) is 0 Å². The predicted octanol–water partition coefficient (Wildman–Crippen LogP) is 3.93. The number of anilines is 1. The average Bonchev–Trinajstić information content (AvgIpc) is 2.75. The lowest BCUT2D eigenvalue weighted by atomic mass is 10.1. The molecular formula is C23H30N2O4. The standard InChI is InChI=1S/C23H30N2O4/c1-3-5-16-29-21-11-6-18(17-22(21)28-4-2)23(27)25-14-12-24(13-15-25)19-7-9-20(26)10-8-19/h6-11,17,26H,3-5,12-16H2,1-2H3. The van der Waals surface area contributed by atoms with E-state index in [0.29, 0.717) is 43.4 Å². The number of rotatable bonds is 8. The quantitative estimate of drug-likeness (QED) is 0.683. The number of aromatic hydroxyl groups is 1. The zero-order chi connectivity index (χ0) is 20.6. The van der Waals surface area contributed by atoms with Crippen LogP contribution in [-0.4, -0.2) is 55.3 Å². The molecule has 6 nitrogen and oxygen atoms in total. The molecule has 0 radical (unpaired) electrons. The highest BCUT2D eigenvalue weighted by Gasteiger charge is 2.23. The van der Waals surface area contributed by atoms with Gasteiger partial charge in [-0.1, -0.05) is 13.3 Å².